The van der Waals surface area contributed by atoms with Crippen molar-refractivity contribution in [1.82, 2.24) is 0 Å². The molecule has 1 aliphatic carbocycles. The minimum atomic E-state index is 0. The zero-order chi connectivity index (χ0) is 8.84. The number of rotatable bonds is 0. The van der Waals surface area contributed by atoms with Gasteiger partial charge in [-0.15, -0.1) is 26.9 Å². The summed E-state index contributed by atoms with van der Waals surface area (Å²) in [6.07, 6.45) is 0. The summed E-state index contributed by atoms with van der Waals surface area (Å²) in [6.45, 7) is 0. The Bertz CT molecular complexity index is 549. The van der Waals surface area contributed by atoms with Crippen molar-refractivity contribution >= 4 is 38.0 Å². The molecule has 0 radical (unpaired) electrons. The molecule has 1 heterocycles. The van der Waals surface area contributed by atoms with Crippen molar-refractivity contribution in [1.29, 1.82) is 0 Å². The second kappa shape index (κ2) is 8.25. The van der Waals surface area contributed by atoms with Crippen molar-refractivity contribution in [2.75, 3.05) is 0 Å². The number of thiophene rings is 1. The SMILES string of the molecule is Br[c-]1cc2cc3ccccc3c-2s1.[Cl-].[Cl-].[Cl-].[Zr+4]. The Morgan fingerprint density at radius 1 is 1.06 bits per heavy atom. The molecule has 1 aromatic rings. The average Bonchev–Trinajstić information content (AvgIpc) is 2.60. The van der Waals surface area contributed by atoms with Crippen LogP contribution in [0.3, 0.4) is 0 Å². The predicted octanol–water partition coefficient (Wildman–Crippen LogP) is -4.50. The molecule has 0 amide bonds. The van der Waals surface area contributed by atoms with Crippen molar-refractivity contribution in [3.05, 3.63) is 40.2 Å². The fourth-order valence-corrected chi connectivity index (χ4v) is 3.33. The van der Waals surface area contributed by atoms with Gasteiger partial charge in [-0.3, -0.25) is 11.3 Å². The van der Waals surface area contributed by atoms with E-state index in [1.54, 1.807) is 11.3 Å². The fraction of sp³-hybridized carbons (Fsp3) is 0. The summed E-state index contributed by atoms with van der Waals surface area (Å²) in [4.78, 5) is 1.39. The van der Waals surface area contributed by atoms with E-state index in [2.05, 4.69) is 52.3 Å². The van der Waals surface area contributed by atoms with Crippen LogP contribution in [0.1, 0.15) is 0 Å². The van der Waals surface area contributed by atoms with Crippen LogP contribution >= 0.6 is 27.3 Å². The van der Waals surface area contributed by atoms with E-state index in [1.165, 1.54) is 25.0 Å². The fourth-order valence-electron chi connectivity index (χ4n) is 1.69. The van der Waals surface area contributed by atoms with Gasteiger partial charge in [0, 0.05) is 0 Å². The average molecular weight is 448 g/mol. The topological polar surface area (TPSA) is 0 Å². The monoisotopic (exact) mass is 444 g/mol. The summed E-state index contributed by atoms with van der Waals surface area (Å²) in [5, 5.41) is 2.71. The van der Waals surface area contributed by atoms with Crippen LogP contribution in [-0.2, 0) is 26.2 Å². The maximum atomic E-state index is 3.51. The van der Waals surface area contributed by atoms with E-state index >= 15 is 0 Å². The van der Waals surface area contributed by atoms with Gasteiger partial charge in [-0.25, -0.2) is 0 Å². The molecule has 0 unspecified atom stereocenters. The van der Waals surface area contributed by atoms with Crippen LogP contribution < -0.4 is 37.2 Å². The van der Waals surface area contributed by atoms with Gasteiger partial charge in [0.25, 0.3) is 0 Å². The number of halogens is 4. The third-order valence-electron chi connectivity index (χ3n) is 2.25. The van der Waals surface area contributed by atoms with Crippen molar-refractivity contribution < 1.29 is 63.4 Å². The van der Waals surface area contributed by atoms with Crippen molar-refractivity contribution in [2.45, 2.75) is 0 Å². The summed E-state index contributed by atoms with van der Waals surface area (Å²) in [5.74, 6) is 0. The first kappa shape index (κ1) is 20.3. The van der Waals surface area contributed by atoms with Crippen molar-refractivity contribution in [3.63, 3.8) is 0 Å². The molecule has 0 N–H and O–H groups in total. The summed E-state index contributed by atoms with van der Waals surface area (Å²) >= 11 is 5.31. The first-order valence-corrected chi connectivity index (χ1v) is 5.69. The molecule has 88 valence electrons. The molecule has 0 nitrogen and oxygen atoms in total. The molecule has 0 bridgehead atoms. The largest absolute Gasteiger partial charge is 4.00 e. The van der Waals surface area contributed by atoms with Gasteiger partial charge < -0.3 is 37.2 Å². The van der Waals surface area contributed by atoms with Gasteiger partial charge in [0.1, 0.15) is 0 Å². The number of hydrogen-bond donors (Lipinski definition) is 0. The van der Waals surface area contributed by atoms with Gasteiger partial charge >= 0.3 is 26.2 Å². The smallest absolute Gasteiger partial charge is 1.00 e. The summed E-state index contributed by atoms with van der Waals surface area (Å²) in [6, 6.07) is 12.9. The molecule has 17 heavy (non-hydrogen) atoms. The maximum Gasteiger partial charge on any atom is 4.00 e. The molecule has 1 aliphatic heterocycles. The molecule has 3 rings (SSSR count). The Morgan fingerprint density at radius 3 is 2.41 bits per heavy atom. The molecule has 1 aromatic carbocycles. The molecule has 0 aromatic heterocycles. The van der Waals surface area contributed by atoms with E-state index in [9.17, 15) is 0 Å². The van der Waals surface area contributed by atoms with E-state index in [0.717, 1.165) is 0 Å². The zero-order valence-electron chi connectivity index (χ0n) is 8.38. The van der Waals surface area contributed by atoms with Crippen LogP contribution in [0.15, 0.2) is 40.2 Å². The van der Waals surface area contributed by atoms with Gasteiger partial charge in [-0.1, -0.05) is 29.7 Å². The Morgan fingerprint density at radius 2 is 1.71 bits per heavy atom. The second-order valence-corrected chi connectivity index (χ2v) is 5.50. The van der Waals surface area contributed by atoms with Gasteiger partial charge in [-0.05, 0) is 9.17 Å². The third-order valence-corrected chi connectivity index (χ3v) is 3.93. The molecular formula is C11H6BrCl3SZr. The predicted molar refractivity (Wildman–Crippen MR) is 61.7 cm³/mol. The van der Waals surface area contributed by atoms with E-state index in [4.69, 9.17) is 0 Å². The van der Waals surface area contributed by atoms with Gasteiger partial charge in [0.05, 0.1) is 0 Å². The Hall–Kier alpha value is 1.02. The molecular weight excluding hydrogens is 442 g/mol. The van der Waals surface area contributed by atoms with E-state index in [1.807, 2.05) is 0 Å². The molecule has 0 atom stereocenters. The van der Waals surface area contributed by atoms with Gasteiger partial charge in [0.2, 0.25) is 0 Å². The van der Waals surface area contributed by atoms with Crippen molar-refractivity contribution in [2.24, 2.45) is 0 Å². The van der Waals surface area contributed by atoms with Crippen LogP contribution in [0, 0.1) is 0 Å². The van der Waals surface area contributed by atoms with Gasteiger partial charge in [0.15, 0.2) is 0 Å². The molecule has 0 saturated carbocycles. The summed E-state index contributed by atoms with van der Waals surface area (Å²) < 4.78 is 1.21. The zero-order valence-corrected chi connectivity index (χ0v) is 15.5. The maximum absolute atomic E-state index is 3.51. The van der Waals surface area contributed by atoms with Crippen LogP contribution in [0.5, 0.6) is 0 Å². The Kier molecular flexibility index (Phi) is 9.87. The van der Waals surface area contributed by atoms with E-state index in [-0.39, 0.29) is 63.4 Å². The van der Waals surface area contributed by atoms with E-state index in [0.29, 0.717) is 0 Å². The van der Waals surface area contributed by atoms with Crippen LogP contribution in [-0.4, -0.2) is 0 Å². The second-order valence-electron chi connectivity index (χ2n) is 3.07. The number of benzene rings is 1. The molecule has 2 aliphatic rings. The minimum Gasteiger partial charge on any atom is -1.00 e. The number of hydrogen-bond acceptors (Lipinski definition) is 1. The van der Waals surface area contributed by atoms with Crippen LogP contribution in [0.2, 0.25) is 0 Å². The minimum absolute atomic E-state index is 0. The van der Waals surface area contributed by atoms with Crippen molar-refractivity contribution in [3.8, 4) is 10.4 Å². The first-order chi connectivity index (χ1) is 6.34. The first-order valence-electron chi connectivity index (χ1n) is 4.08. The standard InChI is InChI=1S/C11H6BrS.3ClH.Zr/c12-10-6-8-5-7-3-1-2-4-9(7)11(8)13-10;;;;/h1-6H;3*1H;/q-1;;;;+4/p-3. The van der Waals surface area contributed by atoms with Crippen LogP contribution in [0.4, 0.5) is 0 Å². The number of fused-ring (bicyclic) bond motifs is 3. The summed E-state index contributed by atoms with van der Waals surface area (Å²) in [5.41, 5.74) is 1.35. The van der Waals surface area contributed by atoms with Gasteiger partial charge in [-0.2, -0.15) is 11.6 Å². The molecule has 6 heteroatoms. The Labute approximate surface area is 150 Å². The van der Waals surface area contributed by atoms with Crippen LogP contribution in [0.25, 0.3) is 21.2 Å². The molecule has 0 fully saturated rings. The van der Waals surface area contributed by atoms with E-state index < -0.39 is 0 Å². The molecule has 0 saturated heterocycles. The molecule has 0 spiro atoms. The Balaban J connectivity index is 0. The summed E-state index contributed by atoms with van der Waals surface area (Å²) in [7, 11) is 0. The third kappa shape index (κ3) is 3.75. The quantitative estimate of drug-likeness (QED) is 0.305. The normalized spacial score (nSPS) is 8.76.